The molecule has 100 valence electrons. The summed E-state index contributed by atoms with van der Waals surface area (Å²) in [7, 11) is 0. The lowest BCUT2D eigenvalue weighted by atomic mass is 10.2. The van der Waals surface area contributed by atoms with Crippen molar-refractivity contribution < 1.29 is 19.1 Å². The molecule has 2 aromatic rings. The van der Waals surface area contributed by atoms with E-state index >= 15 is 0 Å². The Morgan fingerprint density at radius 2 is 2.11 bits per heavy atom. The van der Waals surface area contributed by atoms with Gasteiger partial charge in [-0.3, -0.25) is 4.79 Å². The zero-order chi connectivity index (χ0) is 13.7. The van der Waals surface area contributed by atoms with Crippen molar-refractivity contribution in [2.24, 2.45) is 0 Å². The van der Waals surface area contributed by atoms with Gasteiger partial charge in [-0.05, 0) is 30.7 Å². The molecule has 19 heavy (non-hydrogen) atoms. The van der Waals surface area contributed by atoms with Crippen LogP contribution in [0.1, 0.15) is 19.0 Å². The van der Waals surface area contributed by atoms with Crippen LogP contribution in [0.4, 0.5) is 0 Å². The van der Waals surface area contributed by atoms with Crippen molar-refractivity contribution in [3.8, 4) is 17.2 Å². The Kier molecular flexibility index (Phi) is 4.18. The van der Waals surface area contributed by atoms with Gasteiger partial charge in [0.05, 0.1) is 18.7 Å². The fraction of sp³-hybridized carbons (Fsp3) is 0.286. The van der Waals surface area contributed by atoms with E-state index in [0.717, 1.165) is 17.7 Å². The molecule has 0 fully saturated rings. The number of aliphatic carboxylic acids is 1. The third-order valence-electron chi connectivity index (χ3n) is 2.46. The number of rotatable bonds is 6. The quantitative estimate of drug-likeness (QED) is 0.865. The van der Waals surface area contributed by atoms with E-state index < -0.39 is 5.97 Å². The summed E-state index contributed by atoms with van der Waals surface area (Å²) in [5, 5.41) is 8.67. The topological polar surface area (TPSA) is 72.6 Å². The summed E-state index contributed by atoms with van der Waals surface area (Å²) in [5.74, 6) is 0.282. The van der Waals surface area contributed by atoms with Gasteiger partial charge in [0, 0.05) is 5.56 Å². The molecule has 0 radical (unpaired) electrons. The number of carboxylic acids is 1. The van der Waals surface area contributed by atoms with E-state index in [9.17, 15) is 4.79 Å². The second kappa shape index (κ2) is 6.04. The Morgan fingerprint density at radius 3 is 2.74 bits per heavy atom. The van der Waals surface area contributed by atoms with Crippen molar-refractivity contribution in [2.75, 3.05) is 6.61 Å². The Balaban J connectivity index is 2.09. The van der Waals surface area contributed by atoms with Crippen LogP contribution < -0.4 is 4.74 Å². The molecule has 1 N–H and O–H groups in total. The van der Waals surface area contributed by atoms with Crippen molar-refractivity contribution in [3.05, 3.63) is 36.2 Å². The summed E-state index contributed by atoms with van der Waals surface area (Å²) < 4.78 is 10.7. The van der Waals surface area contributed by atoms with Gasteiger partial charge in [0.15, 0.2) is 0 Å². The van der Waals surface area contributed by atoms with Gasteiger partial charge >= 0.3 is 5.97 Å². The highest BCUT2D eigenvalue weighted by atomic mass is 16.5. The number of carboxylic acid groups (broad SMARTS) is 1. The molecule has 1 aromatic heterocycles. The number of hydrogen-bond acceptors (Lipinski definition) is 4. The van der Waals surface area contributed by atoms with Crippen LogP contribution in [0.3, 0.4) is 0 Å². The van der Waals surface area contributed by atoms with Gasteiger partial charge in [0.25, 0.3) is 0 Å². The minimum Gasteiger partial charge on any atom is -0.494 e. The van der Waals surface area contributed by atoms with Gasteiger partial charge in [0.1, 0.15) is 12.0 Å². The highest BCUT2D eigenvalue weighted by Gasteiger charge is 2.09. The number of oxazole rings is 1. The Labute approximate surface area is 110 Å². The van der Waals surface area contributed by atoms with Crippen LogP contribution in [0.5, 0.6) is 5.75 Å². The maximum Gasteiger partial charge on any atom is 0.309 e. The van der Waals surface area contributed by atoms with E-state index in [1.54, 1.807) is 0 Å². The smallest absolute Gasteiger partial charge is 0.309 e. The lowest BCUT2D eigenvalue weighted by Crippen LogP contribution is -1.99. The maximum absolute atomic E-state index is 10.6. The molecule has 1 heterocycles. The van der Waals surface area contributed by atoms with Crippen LogP contribution in [0.2, 0.25) is 0 Å². The predicted octanol–water partition coefficient (Wildman–Crippen LogP) is 2.76. The number of carbonyl (C=O) groups is 1. The van der Waals surface area contributed by atoms with Crippen LogP contribution >= 0.6 is 0 Å². The van der Waals surface area contributed by atoms with E-state index in [1.165, 1.54) is 6.26 Å². The number of hydrogen-bond donors (Lipinski definition) is 1. The fourth-order valence-corrected chi connectivity index (χ4v) is 1.59. The SMILES string of the molecule is CCCOc1ccc(-c2nc(CC(=O)O)co2)cc1. The van der Waals surface area contributed by atoms with E-state index in [-0.39, 0.29) is 6.42 Å². The van der Waals surface area contributed by atoms with Crippen molar-refractivity contribution in [3.63, 3.8) is 0 Å². The highest BCUT2D eigenvalue weighted by Crippen LogP contribution is 2.22. The second-order valence-electron chi connectivity index (χ2n) is 4.09. The number of aromatic nitrogens is 1. The van der Waals surface area contributed by atoms with Crippen molar-refractivity contribution >= 4 is 5.97 Å². The Hall–Kier alpha value is -2.30. The largest absolute Gasteiger partial charge is 0.494 e. The molecule has 1 aromatic carbocycles. The minimum absolute atomic E-state index is 0.138. The lowest BCUT2D eigenvalue weighted by molar-refractivity contribution is -0.136. The number of benzene rings is 1. The summed E-state index contributed by atoms with van der Waals surface area (Å²) in [4.78, 5) is 14.7. The molecular formula is C14H15NO4. The van der Waals surface area contributed by atoms with Crippen LogP contribution in [-0.4, -0.2) is 22.7 Å². The van der Waals surface area contributed by atoms with Crippen molar-refractivity contribution in [2.45, 2.75) is 19.8 Å². The molecule has 0 spiro atoms. The molecule has 5 heteroatoms. The zero-order valence-corrected chi connectivity index (χ0v) is 10.6. The van der Waals surface area contributed by atoms with Gasteiger partial charge in [-0.25, -0.2) is 4.98 Å². The minimum atomic E-state index is -0.928. The fourth-order valence-electron chi connectivity index (χ4n) is 1.59. The molecule has 0 atom stereocenters. The molecule has 2 rings (SSSR count). The molecular weight excluding hydrogens is 246 g/mol. The molecule has 0 aliphatic heterocycles. The molecule has 0 saturated heterocycles. The molecule has 5 nitrogen and oxygen atoms in total. The second-order valence-corrected chi connectivity index (χ2v) is 4.09. The predicted molar refractivity (Wildman–Crippen MR) is 69.1 cm³/mol. The third-order valence-corrected chi connectivity index (χ3v) is 2.46. The van der Waals surface area contributed by atoms with E-state index in [0.29, 0.717) is 18.2 Å². The summed E-state index contributed by atoms with van der Waals surface area (Å²) in [5.41, 5.74) is 1.20. The average molecular weight is 261 g/mol. The monoisotopic (exact) mass is 261 g/mol. The van der Waals surface area contributed by atoms with Crippen molar-refractivity contribution in [1.29, 1.82) is 0 Å². The summed E-state index contributed by atoms with van der Waals surface area (Å²) in [6.07, 6.45) is 2.19. The van der Waals surface area contributed by atoms with E-state index in [4.69, 9.17) is 14.3 Å². The van der Waals surface area contributed by atoms with E-state index in [1.807, 2.05) is 31.2 Å². The molecule has 0 saturated carbocycles. The van der Waals surface area contributed by atoms with Crippen molar-refractivity contribution in [1.82, 2.24) is 4.98 Å². The first-order valence-electron chi connectivity index (χ1n) is 6.08. The van der Waals surface area contributed by atoms with Gasteiger partial charge in [-0.1, -0.05) is 6.92 Å². The Bertz CT molecular complexity index is 545. The normalized spacial score (nSPS) is 10.4. The standard InChI is InChI=1S/C14H15NO4/c1-2-7-18-12-5-3-10(4-6-12)14-15-11(9-19-14)8-13(16)17/h3-6,9H,2,7-8H2,1H3,(H,16,17). The average Bonchev–Trinajstić information content (AvgIpc) is 2.84. The lowest BCUT2D eigenvalue weighted by Gasteiger charge is -2.04. The van der Waals surface area contributed by atoms with Crippen LogP contribution in [0, 0.1) is 0 Å². The first kappa shape index (κ1) is 13.1. The molecule has 0 aliphatic carbocycles. The zero-order valence-electron chi connectivity index (χ0n) is 10.6. The number of ether oxygens (including phenoxy) is 1. The van der Waals surface area contributed by atoms with Crippen LogP contribution in [0.15, 0.2) is 34.9 Å². The first-order valence-corrected chi connectivity index (χ1v) is 6.08. The molecule has 0 aliphatic rings. The summed E-state index contributed by atoms with van der Waals surface area (Å²) >= 11 is 0. The maximum atomic E-state index is 10.6. The van der Waals surface area contributed by atoms with E-state index in [2.05, 4.69) is 4.98 Å². The number of nitrogens with zero attached hydrogens (tertiary/aromatic N) is 1. The van der Waals surface area contributed by atoms with Gasteiger partial charge in [0.2, 0.25) is 5.89 Å². The summed E-state index contributed by atoms with van der Waals surface area (Å²) in [6.45, 7) is 2.73. The van der Waals surface area contributed by atoms with Crippen LogP contribution in [0.25, 0.3) is 11.5 Å². The molecule has 0 unspecified atom stereocenters. The molecule has 0 bridgehead atoms. The van der Waals surface area contributed by atoms with Gasteiger partial charge in [-0.2, -0.15) is 0 Å². The third kappa shape index (κ3) is 3.58. The first-order chi connectivity index (χ1) is 9.19. The van der Waals surface area contributed by atoms with Gasteiger partial charge < -0.3 is 14.3 Å². The van der Waals surface area contributed by atoms with Gasteiger partial charge in [-0.15, -0.1) is 0 Å². The summed E-state index contributed by atoms with van der Waals surface area (Å²) in [6, 6.07) is 7.35. The highest BCUT2D eigenvalue weighted by molar-refractivity contribution is 5.69. The molecule has 0 amide bonds. The van der Waals surface area contributed by atoms with Crippen LogP contribution in [-0.2, 0) is 11.2 Å². The Morgan fingerprint density at radius 1 is 1.37 bits per heavy atom.